The van der Waals surface area contributed by atoms with Gasteiger partial charge in [-0.3, -0.25) is 0 Å². The summed E-state index contributed by atoms with van der Waals surface area (Å²) in [5.74, 6) is 0. The quantitative estimate of drug-likeness (QED) is 0.423. The molecule has 4 heteroatoms. The van der Waals surface area contributed by atoms with Gasteiger partial charge in [-0.25, -0.2) is 0 Å². The minimum Gasteiger partial charge on any atom is -0.665 e. The fraction of sp³-hybridized carbons (Fsp3) is 0. The molecule has 0 aliphatic carbocycles. The molecule has 1 N–H and O–H groups in total. The van der Waals surface area contributed by atoms with Crippen molar-refractivity contribution in [1.82, 2.24) is 0 Å². The Hall–Kier alpha value is -0.220. The summed E-state index contributed by atoms with van der Waals surface area (Å²) in [5, 5.41) is 6.76. The molecule has 0 unspecified atom stereocenters. The minimum absolute atomic E-state index is 0. The van der Waals surface area contributed by atoms with Crippen molar-refractivity contribution < 1.29 is 32.3 Å². The molecule has 2 nitrogen and oxygen atoms in total. The summed E-state index contributed by atoms with van der Waals surface area (Å²) in [6.45, 7) is 0.500. The standard InChI is InChI=1S/C6H6S.CHO2.Au/c7-6-4-2-1-3-5-6;2-1-3;/h1-5,7H;(H,2,3);/q;-1;+1. The van der Waals surface area contributed by atoms with Gasteiger partial charge in [-0.15, -0.1) is 12.6 Å². The van der Waals surface area contributed by atoms with E-state index in [1.807, 2.05) is 30.3 Å². The topological polar surface area (TPSA) is 37.3 Å². The van der Waals surface area contributed by atoms with Crippen molar-refractivity contribution >= 4 is 19.1 Å². The van der Waals surface area contributed by atoms with Gasteiger partial charge in [0.15, 0.2) is 0 Å². The number of hydrogen-bond donors (Lipinski definition) is 2. The Bertz CT molecular complexity index is 179. The van der Waals surface area contributed by atoms with Gasteiger partial charge in [0.05, 0.1) is 0 Å². The molecule has 0 spiro atoms. The number of benzene rings is 1. The van der Waals surface area contributed by atoms with Crippen LogP contribution in [-0.2, 0) is 27.2 Å². The van der Waals surface area contributed by atoms with E-state index in [1.165, 1.54) is 0 Å². The number of rotatable bonds is 0. The first-order chi connectivity index (χ1) is 4.81. The van der Waals surface area contributed by atoms with E-state index in [4.69, 9.17) is 9.90 Å². The van der Waals surface area contributed by atoms with E-state index >= 15 is 0 Å². The molecule has 0 saturated carbocycles. The second kappa shape index (κ2) is 9.78. The van der Waals surface area contributed by atoms with Crippen LogP contribution in [-0.4, -0.2) is 11.6 Å². The Labute approximate surface area is 86.5 Å². The van der Waals surface area contributed by atoms with Crippen LogP contribution in [0.1, 0.15) is 0 Å². The van der Waals surface area contributed by atoms with Crippen LogP contribution < -0.4 is 0 Å². The molecule has 0 heterocycles. The summed E-state index contributed by atoms with van der Waals surface area (Å²) >= 11 is 4.08. The third-order valence-electron chi connectivity index (χ3n) is 0.756. The van der Waals surface area contributed by atoms with Crippen molar-refractivity contribution in [3.05, 3.63) is 30.3 Å². The summed E-state index contributed by atoms with van der Waals surface area (Å²) in [6.07, 6.45) is 0. The molecule has 0 atom stereocenters. The molecule has 0 aliphatic rings. The molecule has 0 amide bonds. The van der Waals surface area contributed by atoms with Crippen LogP contribution >= 0.6 is 12.6 Å². The molecule has 0 bridgehead atoms. The Morgan fingerprint density at radius 2 is 1.64 bits per heavy atom. The van der Waals surface area contributed by atoms with Crippen LogP contribution in [0, 0.1) is 0 Å². The second-order valence-electron chi connectivity index (χ2n) is 1.43. The first-order valence-electron chi connectivity index (χ1n) is 2.56. The Morgan fingerprint density at radius 3 is 1.82 bits per heavy atom. The molecule has 1 aromatic rings. The molecular formula is C7H7AuO2S. The fourth-order valence-electron chi connectivity index (χ4n) is 0.428. The van der Waals surface area contributed by atoms with Gasteiger partial charge in [0.1, 0.15) is 0 Å². The average Bonchev–Trinajstić information content (AvgIpc) is 1.91. The van der Waals surface area contributed by atoms with Gasteiger partial charge in [0, 0.05) is 4.90 Å². The van der Waals surface area contributed by atoms with Crippen LogP contribution in [0.15, 0.2) is 35.2 Å². The zero-order chi connectivity index (χ0) is 7.82. The maximum atomic E-state index is 8.24. The first-order valence-corrected chi connectivity index (χ1v) is 3.01. The SMILES string of the molecule is O=[C-]O.Sc1ccccc1.[Au+]. The van der Waals surface area contributed by atoms with Gasteiger partial charge in [0.25, 0.3) is 0 Å². The summed E-state index contributed by atoms with van der Waals surface area (Å²) in [5.41, 5.74) is 0. The van der Waals surface area contributed by atoms with E-state index in [0.717, 1.165) is 4.90 Å². The largest absolute Gasteiger partial charge is 1.00 e. The number of aliphatic hydroxyl groups excluding tert-OH is 1. The molecule has 0 radical (unpaired) electrons. The zero-order valence-electron chi connectivity index (χ0n) is 5.49. The fourth-order valence-corrected chi connectivity index (χ4v) is 0.600. The predicted octanol–water partition coefficient (Wildman–Crippen LogP) is 1.58. The van der Waals surface area contributed by atoms with E-state index in [2.05, 4.69) is 12.6 Å². The molecule has 0 fully saturated rings. The van der Waals surface area contributed by atoms with Gasteiger partial charge in [-0.05, 0) is 12.1 Å². The van der Waals surface area contributed by atoms with Gasteiger partial charge in [0.2, 0.25) is 0 Å². The third kappa shape index (κ3) is 9.78. The maximum absolute atomic E-state index is 8.24. The van der Waals surface area contributed by atoms with Crippen molar-refractivity contribution in [3.8, 4) is 0 Å². The molecule has 64 valence electrons. The molecule has 11 heavy (non-hydrogen) atoms. The van der Waals surface area contributed by atoms with Gasteiger partial charge in [-0.2, -0.15) is 0 Å². The second-order valence-corrected chi connectivity index (χ2v) is 1.94. The van der Waals surface area contributed by atoms with Crippen molar-refractivity contribution in [2.75, 3.05) is 0 Å². The monoisotopic (exact) mass is 352 g/mol. The molecule has 1 rings (SSSR count). The summed E-state index contributed by atoms with van der Waals surface area (Å²) in [7, 11) is 0. The Morgan fingerprint density at radius 1 is 1.27 bits per heavy atom. The Kier molecular flexibility index (Phi) is 11.9. The van der Waals surface area contributed by atoms with Crippen LogP contribution in [0.5, 0.6) is 0 Å². The smallest absolute Gasteiger partial charge is 0.665 e. The van der Waals surface area contributed by atoms with Crippen LogP contribution in [0.2, 0.25) is 0 Å². The van der Waals surface area contributed by atoms with Crippen molar-refractivity contribution in [1.29, 1.82) is 0 Å². The van der Waals surface area contributed by atoms with Crippen molar-refractivity contribution in [2.45, 2.75) is 4.90 Å². The molecule has 0 saturated heterocycles. The van der Waals surface area contributed by atoms with Crippen LogP contribution in [0.3, 0.4) is 0 Å². The summed E-state index contributed by atoms with van der Waals surface area (Å²) < 4.78 is 0. The summed E-state index contributed by atoms with van der Waals surface area (Å²) in [6, 6.07) is 9.79. The van der Waals surface area contributed by atoms with Gasteiger partial charge >= 0.3 is 22.4 Å². The number of thiol groups is 1. The predicted molar refractivity (Wildman–Crippen MR) is 42.0 cm³/mol. The maximum Gasteiger partial charge on any atom is 1.00 e. The first kappa shape index (κ1) is 13.4. The van der Waals surface area contributed by atoms with E-state index in [-0.39, 0.29) is 22.4 Å². The minimum atomic E-state index is 0. The molecule has 0 aliphatic heterocycles. The molecule has 1 aromatic carbocycles. The Balaban J connectivity index is 0. The van der Waals surface area contributed by atoms with E-state index in [1.54, 1.807) is 0 Å². The van der Waals surface area contributed by atoms with Crippen LogP contribution in [0.25, 0.3) is 0 Å². The van der Waals surface area contributed by atoms with Crippen molar-refractivity contribution in [2.24, 2.45) is 0 Å². The molecule has 0 aromatic heterocycles. The van der Waals surface area contributed by atoms with E-state index in [9.17, 15) is 0 Å². The zero-order valence-corrected chi connectivity index (χ0v) is 8.55. The third-order valence-corrected chi connectivity index (χ3v) is 1.05. The molecular weight excluding hydrogens is 345 g/mol. The van der Waals surface area contributed by atoms with Gasteiger partial charge < -0.3 is 9.90 Å². The van der Waals surface area contributed by atoms with Gasteiger partial charge in [-0.1, -0.05) is 24.7 Å². The van der Waals surface area contributed by atoms with Crippen molar-refractivity contribution in [3.63, 3.8) is 0 Å². The summed E-state index contributed by atoms with van der Waals surface area (Å²) in [4.78, 5) is 9.25. The normalized spacial score (nSPS) is 6.64. The van der Waals surface area contributed by atoms with E-state index in [0.29, 0.717) is 6.47 Å². The average molecular weight is 352 g/mol. The number of hydrogen-bond acceptors (Lipinski definition) is 2. The van der Waals surface area contributed by atoms with Crippen LogP contribution in [0.4, 0.5) is 0 Å². The van der Waals surface area contributed by atoms with E-state index < -0.39 is 0 Å².